The smallest absolute Gasteiger partial charge is 0.326 e. The summed E-state index contributed by atoms with van der Waals surface area (Å²) in [7, 11) is 0. The lowest BCUT2D eigenvalue weighted by Crippen LogP contribution is -2.58. The van der Waals surface area contributed by atoms with Gasteiger partial charge in [0.05, 0.1) is 12.5 Å². The maximum Gasteiger partial charge on any atom is 0.326 e. The third-order valence-electron chi connectivity index (χ3n) is 4.68. The Morgan fingerprint density at radius 2 is 1.41 bits per heavy atom. The highest BCUT2D eigenvalue weighted by Gasteiger charge is 2.31. The molecular weight excluding hydrogens is 446 g/mol. The van der Waals surface area contributed by atoms with Gasteiger partial charge in [0.15, 0.2) is 0 Å². The number of hydrogen-bond acceptors (Lipinski definition) is 8. The number of amides is 4. The largest absolute Gasteiger partial charge is 0.481 e. The van der Waals surface area contributed by atoms with E-state index in [0.717, 1.165) is 0 Å². The first-order chi connectivity index (χ1) is 14.8. The van der Waals surface area contributed by atoms with Crippen molar-refractivity contribution in [3.63, 3.8) is 0 Å². The minimum absolute atomic E-state index is 0.206. The van der Waals surface area contributed by atoms with Crippen LogP contribution >= 0.6 is 12.6 Å². The summed E-state index contributed by atoms with van der Waals surface area (Å²) >= 11 is 3.95. The number of nitrogens with one attached hydrogen (secondary N) is 3. The molecule has 0 aromatic carbocycles. The molecule has 0 aliphatic carbocycles. The van der Waals surface area contributed by atoms with Gasteiger partial charge in [-0.15, -0.1) is 0 Å². The molecule has 0 fully saturated rings. The maximum atomic E-state index is 12.6. The molecule has 5 atom stereocenters. The molecule has 0 heterocycles. The summed E-state index contributed by atoms with van der Waals surface area (Å²) in [4.78, 5) is 70.5. The zero-order valence-corrected chi connectivity index (χ0v) is 18.8. The number of carboxylic acids is 2. The van der Waals surface area contributed by atoms with Crippen LogP contribution in [0.4, 0.5) is 0 Å². The molecule has 9 N–H and O–H groups in total. The van der Waals surface area contributed by atoms with Crippen LogP contribution in [0.2, 0.25) is 0 Å². The summed E-state index contributed by atoms with van der Waals surface area (Å²) in [6.07, 6.45) is -0.854. The van der Waals surface area contributed by atoms with Gasteiger partial charge in [0, 0.05) is 12.2 Å². The number of rotatable bonds is 15. The zero-order valence-electron chi connectivity index (χ0n) is 17.9. The summed E-state index contributed by atoms with van der Waals surface area (Å²) in [5, 5.41) is 24.6. The molecule has 0 bridgehead atoms. The fourth-order valence-electron chi connectivity index (χ4n) is 2.45. The van der Waals surface area contributed by atoms with Crippen LogP contribution in [-0.2, 0) is 28.8 Å². The predicted octanol–water partition coefficient (Wildman–Crippen LogP) is -2.43. The van der Waals surface area contributed by atoms with Gasteiger partial charge in [-0.25, -0.2) is 4.79 Å². The van der Waals surface area contributed by atoms with Crippen LogP contribution in [0.25, 0.3) is 0 Å². The highest BCUT2D eigenvalue weighted by Crippen LogP contribution is 2.06. The summed E-state index contributed by atoms with van der Waals surface area (Å²) in [6, 6.07) is -5.22. The molecule has 13 nitrogen and oxygen atoms in total. The molecular formula is C18H31N5O8S. The highest BCUT2D eigenvalue weighted by atomic mass is 32.1. The molecule has 0 aliphatic rings. The van der Waals surface area contributed by atoms with Gasteiger partial charge in [0.2, 0.25) is 23.6 Å². The summed E-state index contributed by atoms with van der Waals surface area (Å²) < 4.78 is 0. The molecule has 0 spiro atoms. The van der Waals surface area contributed by atoms with Crippen molar-refractivity contribution in [1.82, 2.24) is 16.0 Å². The van der Waals surface area contributed by atoms with Crippen molar-refractivity contribution < 1.29 is 39.0 Å². The van der Waals surface area contributed by atoms with E-state index in [1.54, 1.807) is 6.92 Å². The normalized spacial score (nSPS) is 15.4. The first-order valence-corrected chi connectivity index (χ1v) is 10.5. The molecule has 4 amide bonds. The van der Waals surface area contributed by atoms with Crippen LogP contribution in [0.5, 0.6) is 0 Å². The highest BCUT2D eigenvalue weighted by molar-refractivity contribution is 7.80. The van der Waals surface area contributed by atoms with Crippen molar-refractivity contribution in [3.8, 4) is 0 Å². The third kappa shape index (κ3) is 10.4. The maximum absolute atomic E-state index is 12.6. The van der Waals surface area contributed by atoms with Crippen LogP contribution in [-0.4, -0.2) is 75.7 Å². The molecule has 0 rings (SSSR count). The topological polar surface area (TPSA) is 231 Å². The van der Waals surface area contributed by atoms with Gasteiger partial charge in [0.25, 0.3) is 0 Å². The molecule has 0 saturated carbocycles. The van der Waals surface area contributed by atoms with Crippen molar-refractivity contribution in [2.24, 2.45) is 17.4 Å². The third-order valence-corrected chi connectivity index (χ3v) is 5.04. The zero-order chi connectivity index (χ0) is 25.0. The van der Waals surface area contributed by atoms with E-state index in [4.69, 9.17) is 21.7 Å². The van der Waals surface area contributed by atoms with Gasteiger partial charge in [0.1, 0.15) is 18.1 Å². The standard InChI is InChI=1S/C18H31N5O8S/c1-3-8(2)14(20)17(29)22-10(6-12(19)24)15(27)23-11(7-32)16(28)21-9(18(30)31)4-5-13(25)26/h8-11,14,32H,3-7,20H2,1-2H3,(H2,19,24)(H,21,28)(H,22,29)(H,23,27)(H,25,26)(H,30,31). The number of nitrogens with two attached hydrogens (primary N) is 2. The van der Waals surface area contributed by atoms with Crippen molar-refractivity contribution >= 4 is 48.2 Å². The lowest BCUT2D eigenvalue weighted by atomic mass is 9.99. The second kappa shape index (κ2) is 14.2. The van der Waals surface area contributed by atoms with Gasteiger partial charge < -0.3 is 37.6 Å². The lowest BCUT2D eigenvalue weighted by molar-refractivity contribution is -0.143. The Balaban J connectivity index is 5.29. The minimum Gasteiger partial charge on any atom is -0.481 e. The Bertz CT molecular complexity index is 719. The molecule has 0 radical (unpaired) electrons. The van der Waals surface area contributed by atoms with Crippen LogP contribution in [0.1, 0.15) is 39.5 Å². The van der Waals surface area contributed by atoms with Gasteiger partial charge in [-0.2, -0.15) is 12.6 Å². The van der Waals surface area contributed by atoms with Gasteiger partial charge in [-0.1, -0.05) is 20.3 Å². The Morgan fingerprint density at radius 3 is 1.84 bits per heavy atom. The molecule has 32 heavy (non-hydrogen) atoms. The molecule has 182 valence electrons. The van der Waals surface area contributed by atoms with Crippen molar-refractivity contribution in [3.05, 3.63) is 0 Å². The van der Waals surface area contributed by atoms with E-state index in [9.17, 15) is 28.8 Å². The number of primary amides is 1. The van der Waals surface area contributed by atoms with Crippen molar-refractivity contribution in [2.75, 3.05) is 5.75 Å². The Labute approximate surface area is 190 Å². The number of carboxylic acid groups (broad SMARTS) is 2. The van der Waals surface area contributed by atoms with E-state index in [1.807, 2.05) is 6.92 Å². The van der Waals surface area contributed by atoms with E-state index >= 15 is 0 Å². The molecule has 5 unspecified atom stereocenters. The minimum atomic E-state index is -1.51. The van der Waals surface area contributed by atoms with Crippen LogP contribution in [0.15, 0.2) is 0 Å². The summed E-state index contributed by atoms with van der Waals surface area (Å²) in [6.45, 7) is 3.56. The number of carbonyl (C=O) groups is 6. The Kier molecular flexibility index (Phi) is 13.0. The average molecular weight is 478 g/mol. The first kappa shape index (κ1) is 29.1. The van der Waals surface area contributed by atoms with Crippen molar-refractivity contribution in [1.29, 1.82) is 0 Å². The SMILES string of the molecule is CCC(C)C(N)C(=O)NC(CC(N)=O)C(=O)NC(CS)C(=O)NC(CCC(=O)O)C(=O)O. The van der Waals surface area contributed by atoms with E-state index < -0.39 is 72.6 Å². The summed E-state index contributed by atoms with van der Waals surface area (Å²) in [5.74, 6) is -6.62. The molecule has 0 aliphatic heterocycles. The molecule has 0 aromatic heterocycles. The van der Waals surface area contributed by atoms with Crippen LogP contribution in [0.3, 0.4) is 0 Å². The molecule has 0 saturated heterocycles. The van der Waals surface area contributed by atoms with Gasteiger partial charge >= 0.3 is 11.9 Å². The van der Waals surface area contributed by atoms with Gasteiger partial charge in [-0.05, 0) is 12.3 Å². The summed E-state index contributed by atoms with van der Waals surface area (Å²) in [5.41, 5.74) is 11.0. The fourth-order valence-corrected chi connectivity index (χ4v) is 2.71. The first-order valence-electron chi connectivity index (χ1n) is 9.84. The quantitative estimate of drug-likeness (QED) is 0.117. The van der Waals surface area contributed by atoms with E-state index in [2.05, 4.69) is 28.6 Å². The second-order valence-electron chi connectivity index (χ2n) is 7.22. The van der Waals surface area contributed by atoms with Gasteiger partial charge in [-0.3, -0.25) is 24.0 Å². The van der Waals surface area contributed by atoms with E-state index in [-0.39, 0.29) is 18.1 Å². The second-order valence-corrected chi connectivity index (χ2v) is 7.58. The number of aliphatic carboxylic acids is 2. The monoisotopic (exact) mass is 477 g/mol. The Morgan fingerprint density at radius 1 is 0.906 bits per heavy atom. The number of hydrogen-bond donors (Lipinski definition) is 8. The van der Waals surface area contributed by atoms with Crippen LogP contribution < -0.4 is 27.4 Å². The lowest BCUT2D eigenvalue weighted by Gasteiger charge is -2.25. The molecule has 14 heteroatoms. The van der Waals surface area contributed by atoms with Crippen molar-refractivity contribution in [2.45, 2.75) is 63.7 Å². The number of thiol groups is 1. The fraction of sp³-hybridized carbons (Fsp3) is 0.667. The Hall–Kier alpha value is -2.87. The van der Waals surface area contributed by atoms with E-state index in [1.165, 1.54) is 0 Å². The van der Waals surface area contributed by atoms with Crippen LogP contribution in [0, 0.1) is 5.92 Å². The predicted molar refractivity (Wildman–Crippen MR) is 115 cm³/mol. The number of carbonyl (C=O) groups excluding carboxylic acids is 4. The average Bonchev–Trinajstić information content (AvgIpc) is 2.71. The van der Waals surface area contributed by atoms with E-state index in [0.29, 0.717) is 6.42 Å². The molecule has 0 aromatic rings.